The first-order valence-electron chi connectivity index (χ1n) is 4.24. The SMILES string of the molecule is C=CC=C(C=CC)c1ccncc1. The van der Waals surface area contributed by atoms with Gasteiger partial charge in [0, 0.05) is 12.4 Å². The number of allylic oxidation sites excluding steroid dienone is 5. The van der Waals surface area contributed by atoms with Crippen LogP contribution in [0, 0.1) is 0 Å². The van der Waals surface area contributed by atoms with E-state index in [4.69, 9.17) is 0 Å². The lowest BCUT2D eigenvalue weighted by molar-refractivity contribution is 1.32. The number of hydrogen-bond donors (Lipinski definition) is 0. The smallest absolute Gasteiger partial charge is 0.0273 e. The van der Waals surface area contributed by atoms with E-state index in [9.17, 15) is 0 Å². The first kappa shape index (κ1) is 9.46. The third-order valence-corrected chi connectivity index (χ3v) is 1.66. The summed E-state index contributed by atoms with van der Waals surface area (Å²) in [6, 6.07) is 3.96. The van der Waals surface area contributed by atoms with E-state index in [1.807, 2.05) is 31.2 Å². The summed E-state index contributed by atoms with van der Waals surface area (Å²) in [7, 11) is 0. The molecule has 0 aliphatic rings. The van der Waals surface area contributed by atoms with E-state index in [1.54, 1.807) is 18.5 Å². The summed E-state index contributed by atoms with van der Waals surface area (Å²) in [6.07, 6.45) is 11.4. The van der Waals surface area contributed by atoms with Crippen LogP contribution in [0.4, 0.5) is 0 Å². The van der Waals surface area contributed by atoms with Crippen molar-refractivity contribution in [2.45, 2.75) is 6.92 Å². The van der Waals surface area contributed by atoms with Gasteiger partial charge in [0.25, 0.3) is 0 Å². The Morgan fingerprint density at radius 2 is 2.08 bits per heavy atom. The van der Waals surface area contributed by atoms with Crippen molar-refractivity contribution in [3.63, 3.8) is 0 Å². The predicted molar refractivity (Wildman–Crippen MR) is 57.2 cm³/mol. The second-order valence-electron chi connectivity index (χ2n) is 2.59. The first-order valence-corrected chi connectivity index (χ1v) is 4.24. The number of nitrogens with zero attached hydrogens (tertiary/aromatic N) is 1. The summed E-state index contributed by atoms with van der Waals surface area (Å²) < 4.78 is 0. The lowest BCUT2D eigenvalue weighted by Crippen LogP contribution is -1.80. The van der Waals surface area contributed by atoms with Crippen LogP contribution in [0.3, 0.4) is 0 Å². The summed E-state index contributed by atoms with van der Waals surface area (Å²) in [5, 5.41) is 0. The van der Waals surface area contributed by atoms with Crippen molar-refractivity contribution in [3.8, 4) is 0 Å². The Kier molecular flexibility index (Phi) is 3.71. The molecule has 0 radical (unpaired) electrons. The average molecular weight is 171 g/mol. The average Bonchev–Trinajstić information content (AvgIpc) is 2.19. The van der Waals surface area contributed by atoms with Crippen molar-refractivity contribution in [1.29, 1.82) is 0 Å². The first-order chi connectivity index (χ1) is 6.38. The second kappa shape index (κ2) is 5.09. The highest BCUT2D eigenvalue weighted by molar-refractivity contribution is 5.74. The van der Waals surface area contributed by atoms with Gasteiger partial charge in [0.15, 0.2) is 0 Å². The molecule has 1 heteroatoms. The van der Waals surface area contributed by atoms with Crippen molar-refractivity contribution >= 4 is 5.57 Å². The van der Waals surface area contributed by atoms with Crippen molar-refractivity contribution < 1.29 is 0 Å². The normalized spacial score (nSPS) is 11.9. The quantitative estimate of drug-likeness (QED) is 0.636. The highest BCUT2D eigenvalue weighted by atomic mass is 14.6. The van der Waals surface area contributed by atoms with E-state index < -0.39 is 0 Å². The zero-order valence-electron chi connectivity index (χ0n) is 7.77. The van der Waals surface area contributed by atoms with E-state index in [-0.39, 0.29) is 0 Å². The lowest BCUT2D eigenvalue weighted by Gasteiger charge is -1.99. The second-order valence-corrected chi connectivity index (χ2v) is 2.59. The van der Waals surface area contributed by atoms with Crippen molar-refractivity contribution in [2.75, 3.05) is 0 Å². The number of pyridine rings is 1. The summed E-state index contributed by atoms with van der Waals surface area (Å²) >= 11 is 0. The largest absolute Gasteiger partial charge is 0.265 e. The summed E-state index contributed by atoms with van der Waals surface area (Å²) in [5.74, 6) is 0. The Morgan fingerprint density at radius 1 is 1.38 bits per heavy atom. The van der Waals surface area contributed by atoms with Gasteiger partial charge in [-0.05, 0) is 30.2 Å². The monoisotopic (exact) mass is 171 g/mol. The number of aromatic nitrogens is 1. The molecular formula is C12H13N. The van der Waals surface area contributed by atoms with Gasteiger partial charge in [-0.1, -0.05) is 30.9 Å². The molecule has 1 aromatic heterocycles. The van der Waals surface area contributed by atoms with Gasteiger partial charge in [0.2, 0.25) is 0 Å². The zero-order valence-corrected chi connectivity index (χ0v) is 7.77. The van der Waals surface area contributed by atoms with Crippen molar-refractivity contribution in [3.05, 3.63) is 61.0 Å². The summed E-state index contributed by atoms with van der Waals surface area (Å²) in [4.78, 5) is 3.97. The van der Waals surface area contributed by atoms with Crippen LogP contribution in [-0.2, 0) is 0 Å². The molecule has 0 aliphatic carbocycles. The highest BCUT2D eigenvalue weighted by Gasteiger charge is 1.93. The molecule has 0 N–H and O–H groups in total. The van der Waals surface area contributed by atoms with Gasteiger partial charge in [-0.2, -0.15) is 0 Å². The van der Waals surface area contributed by atoms with Crippen LogP contribution >= 0.6 is 0 Å². The van der Waals surface area contributed by atoms with E-state index in [0.717, 1.165) is 11.1 Å². The Hall–Kier alpha value is -1.63. The third kappa shape index (κ3) is 2.71. The van der Waals surface area contributed by atoms with Gasteiger partial charge in [0.05, 0.1) is 0 Å². The van der Waals surface area contributed by atoms with Gasteiger partial charge in [-0.25, -0.2) is 0 Å². The molecule has 0 spiro atoms. The molecule has 1 aromatic rings. The van der Waals surface area contributed by atoms with Crippen LogP contribution < -0.4 is 0 Å². The molecule has 1 rings (SSSR count). The maximum atomic E-state index is 3.97. The zero-order chi connectivity index (χ0) is 9.52. The Bertz CT molecular complexity index is 320. The van der Waals surface area contributed by atoms with Crippen LogP contribution in [0.1, 0.15) is 12.5 Å². The van der Waals surface area contributed by atoms with E-state index in [2.05, 4.69) is 17.6 Å². The van der Waals surface area contributed by atoms with Crippen LogP contribution in [-0.4, -0.2) is 4.98 Å². The maximum Gasteiger partial charge on any atom is 0.0273 e. The Morgan fingerprint density at radius 3 is 2.62 bits per heavy atom. The van der Waals surface area contributed by atoms with E-state index in [0.29, 0.717) is 0 Å². The number of rotatable bonds is 3. The minimum Gasteiger partial charge on any atom is -0.265 e. The van der Waals surface area contributed by atoms with Crippen LogP contribution in [0.25, 0.3) is 5.57 Å². The molecule has 66 valence electrons. The van der Waals surface area contributed by atoms with Gasteiger partial charge in [-0.15, -0.1) is 0 Å². The fourth-order valence-corrected chi connectivity index (χ4v) is 1.10. The lowest BCUT2D eigenvalue weighted by atomic mass is 10.1. The minimum atomic E-state index is 1.15. The number of hydrogen-bond acceptors (Lipinski definition) is 1. The predicted octanol–water partition coefficient (Wildman–Crippen LogP) is 3.23. The molecule has 1 nitrogen and oxygen atoms in total. The molecule has 0 atom stereocenters. The fourth-order valence-electron chi connectivity index (χ4n) is 1.10. The topological polar surface area (TPSA) is 12.9 Å². The minimum absolute atomic E-state index is 1.15. The molecule has 0 aromatic carbocycles. The van der Waals surface area contributed by atoms with Crippen LogP contribution in [0.2, 0.25) is 0 Å². The van der Waals surface area contributed by atoms with Gasteiger partial charge in [0.1, 0.15) is 0 Å². The van der Waals surface area contributed by atoms with Crippen LogP contribution in [0.5, 0.6) is 0 Å². The van der Waals surface area contributed by atoms with Crippen molar-refractivity contribution in [1.82, 2.24) is 4.98 Å². The highest BCUT2D eigenvalue weighted by Crippen LogP contribution is 2.14. The summed E-state index contributed by atoms with van der Waals surface area (Å²) in [6.45, 7) is 5.68. The molecule has 0 saturated heterocycles. The molecule has 0 saturated carbocycles. The molecule has 0 aliphatic heterocycles. The molecule has 13 heavy (non-hydrogen) atoms. The third-order valence-electron chi connectivity index (χ3n) is 1.66. The van der Waals surface area contributed by atoms with Gasteiger partial charge < -0.3 is 0 Å². The Labute approximate surface area is 79.1 Å². The van der Waals surface area contributed by atoms with Gasteiger partial charge in [-0.3, -0.25) is 4.98 Å². The maximum absolute atomic E-state index is 3.97. The summed E-state index contributed by atoms with van der Waals surface area (Å²) in [5.41, 5.74) is 2.31. The Balaban J connectivity index is 3.03. The molecule has 0 fully saturated rings. The van der Waals surface area contributed by atoms with Crippen LogP contribution in [0.15, 0.2) is 55.4 Å². The standard InChI is InChI=1S/C12H13N/c1-3-5-11(6-4-2)12-7-9-13-10-8-12/h3-10H,1H2,2H3. The fraction of sp³-hybridized carbons (Fsp3) is 0.0833. The molecule has 0 unspecified atom stereocenters. The molecule has 1 heterocycles. The van der Waals surface area contributed by atoms with E-state index in [1.165, 1.54) is 0 Å². The van der Waals surface area contributed by atoms with E-state index >= 15 is 0 Å². The molecule has 0 amide bonds. The molecular weight excluding hydrogens is 158 g/mol. The van der Waals surface area contributed by atoms with Gasteiger partial charge >= 0.3 is 0 Å². The molecule has 0 bridgehead atoms. The van der Waals surface area contributed by atoms with Crippen molar-refractivity contribution in [2.24, 2.45) is 0 Å².